The molecule has 0 saturated heterocycles. The molecule has 0 unspecified atom stereocenters. The molecule has 3 aromatic carbocycles. The Balaban J connectivity index is 2.03. The van der Waals surface area contributed by atoms with Gasteiger partial charge >= 0.3 is 0 Å². The summed E-state index contributed by atoms with van der Waals surface area (Å²) in [6.45, 7) is 6.85. The normalized spacial score (nSPS) is 12.1. The Morgan fingerprint density at radius 3 is 2.22 bits per heavy atom. The Morgan fingerprint density at radius 2 is 1.43 bits per heavy atom. The van der Waals surface area contributed by atoms with Gasteiger partial charge in [0.05, 0.1) is 5.69 Å². The maximum absolute atomic E-state index is 3.65. The summed E-state index contributed by atoms with van der Waals surface area (Å²) in [5.74, 6) is 0. The molecule has 0 aliphatic rings. The summed E-state index contributed by atoms with van der Waals surface area (Å²) in [4.78, 5) is 3.65. The Labute approximate surface area is 137 Å². The van der Waals surface area contributed by atoms with E-state index in [1.165, 1.54) is 38.5 Å². The second-order valence-corrected chi connectivity index (χ2v) is 7.23. The summed E-state index contributed by atoms with van der Waals surface area (Å²) in [6.07, 6.45) is 0. The Morgan fingerprint density at radius 1 is 0.739 bits per heavy atom. The highest BCUT2D eigenvalue weighted by molar-refractivity contribution is 5.94. The summed E-state index contributed by atoms with van der Waals surface area (Å²) in [6, 6.07) is 23.8. The summed E-state index contributed by atoms with van der Waals surface area (Å²) >= 11 is 0. The molecule has 23 heavy (non-hydrogen) atoms. The number of fused-ring (bicyclic) bond motifs is 2. The molecular formula is C22H21N. The van der Waals surface area contributed by atoms with Crippen molar-refractivity contribution in [3.05, 3.63) is 72.3 Å². The molecule has 1 heterocycles. The number of benzene rings is 3. The van der Waals surface area contributed by atoms with Gasteiger partial charge in [-0.05, 0) is 39.4 Å². The Kier molecular flexibility index (Phi) is 3.05. The van der Waals surface area contributed by atoms with Gasteiger partial charge in [0.25, 0.3) is 0 Å². The first kappa shape index (κ1) is 14.1. The molecule has 0 atom stereocenters. The minimum atomic E-state index is 0.0839. The van der Waals surface area contributed by atoms with Crippen LogP contribution in [-0.4, -0.2) is 4.98 Å². The second kappa shape index (κ2) is 4.99. The maximum atomic E-state index is 3.65. The van der Waals surface area contributed by atoms with Gasteiger partial charge in [-0.15, -0.1) is 0 Å². The van der Waals surface area contributed by atoms with E-state index >= 15 is 0 Å². The van der Waals surface area contributed by atoms with E-state index in [1.807, 2.05) is 0 Å². The fourth-order valence-electron chi connectivity index (χ4n) is 3.48. The number of hydrogen-bond acceptors (Lipinski definition) is 0. The van der Waals surface area contributed by atoms with E-state index < -0.39 is 0 Å². The van der Waals surface area contributed by atoms with Crippen molar-refractivity contribution in [3.63, 3.8) is 0 Å². The van der Waals surface area contributed by atoms with Crippen molar-refractivity contribution in [2.45, 2.75) is 26.2 Å². The molecule has 0 saturated carbocycles. The van der Waals surface area contributed by atoms with Crippen LogP contribution in [0.4, 0.5) is 0 Å². The summed E-state index contributed by atoms with van der Waals surface area (Å²) in [7, 11) is 0. The molecule has 4 aromatic rings. The molecule has 0 aliphatic heterocycles. The zero-order chi connectivity index (χ0) is 16.0. The fraction of sp³-hybridized carbons (Fsp3) is 0.182. The molecule has 0 fully saturated rings. The second-order valence-electron chi connectivity index (χ2n) is 7.23. The lowest BCUT2D eigenvalue weighted by Crippen LogP contribution is -2.11. The van der Waals surface area contributed by atoms with Crippen molar-refractivity contribution in [1.82, 2.24) is 4.98 Å². The van der Waals surface area contributed by atoms with Crippen molar-refractivity contribution < 1.29 is 0 Å². The molecule has 1 nitrogen and oxygen atoms in total. The van der Waals surface area contributed by atoms with Gasteiger partial charge in [0, 0.05) is 10.9 Å². The zero-order valence-electron chi connectivity index (χ0n) is 13.9. The van der Waals surface area contributed by atoms with Crippen LogP contribution in [-0.2, 0) is 5.41 Å². The van der Waals surface area contributed by atoms with Crippen LogP contribution in [0.2, 0.25) is 0 Å². The lowest BCUT2D eigenvalue weighted by Gasteiger charge is -2.20. The SMILES string of the molecule is CC(C)(C)c1c(-c2ccc3ccccc3c2)[nH]c2ccccc12. The van der Waals surface area contributed by atoms with E-state index in [0.717, 1.165) is 0 Å². The summed E-state index contributed by atoms with van der Waals surface area (Å²) in [5, 5.41) is 3.89. The summed E-state index contributed by atoms with van der Waals surface area (Å²) in [5.41, 5.74) is 5.18. The van der Waals surface area contributed by atoms with Crippen molar-refractivity contribution in [3.8, 4) is 11.3 Å². The van der Waals surface area contributed by atoms with Gasteiger partial charge in [-0.2, -0.15) is 0 Å². The maximum Gasteiger partial charge on any atom is 0.0502 e. The average molecular weight is 299 g/mol. The van der Waals surface area contributed by atoms with E-state index in [4.69, 9.17) is 0 Å². The van der Waals surface area contributed by atoms with E-state index in [2.05, 4.69) is 92.5 Å². The molecule has 4 rings (SSSR count). The van der Waals surface area contributed by atoms with Gasteiger partial charge in [0.15, 0.2) is 0 Å². The molecule has 0 amide bonds. The minimum absolute atomic E-state index is 0.0839. The number of H-pyrrole nitrogens is 1. The zero-order valence-corrected chi connectivity index (χ0v) is 13.9. The van der Waals surface area contributed by atoms with E-state index in [0.29, 0.717) is 0 Å². The highest BCUT2D eigenvalue weighted by Crippen LogP contribution is 2.39. The van der Waals surface area contributed by atoms with Crippen molar-refractivity contribution in [2.24, 2.45) is 0 Å². The minimum Gasteiger partial charge on any atom is -0.354 e. The molecule has 0 aliphatic carbocycles. The highest BCUT2D eigenvalue weighted by Gasteiger charge is 2.23. The quantitative estimate of drug-likeness (QED) is 0.425. The van der Waals surface area contributed by atoms with Crippen LogP contribution < -0.4 is 0 Å². The number of nitrogens with one attached hydrogen (secondary N) is 1. The number of aromatic nitrogens is 1. The molecule has 114 valence electrons. The van der Waals surface area contributed by atoms with Crippen LogP contribution in [0.3, 0.4) is 0 Å². The van der Waals surface area contributed by atoms with Gasteiger partial charge in [-0.1, -0.05) is 75.4 Å². The largest absolute Gasteiger partial charge is 0.354 e. The third kappa shape index (κ3) is 2.33. The first-order valence-electron chi connectivity index (χ1n) is 8.14. The predicted octanol–water partition coefficient (Wildman–Crippen LogP) is 6.29. The topological polar surface area (TPSA) is 15.8 Å². The van der Waals surface area contributed by atoms with Crippen molar-refractivity contribution in [1.29, 1.82) is 0 Å². The number of hydrogen-bond donors (Lipinski definition) is 1. The lowest BCUT2D eigenvalue weighted by molar-refractivity contribution is 0.597. The molecule has 0 bridgehead atoms. The molecule has 1 N–H and O–H groups in total. The van der Waals surface area contributed by atoms with Gasteiger partial charge < -0.3 is 4.98 Å². The van der Waals surface area contributed by atoms with Gasteiger partial charge in [0.1, 0.15) is 0 Å². The number of para-hydroxylation sites is 1. The standard InChI is InChI=1S/C22H21N/c1-22(2,3)20-18-10-6-7-11-19(18)23-21(20)17-13-12-15-8-4-5-9-16(15)14-17/h4-14,23H,1-3H3. The molecular weight excluding hydrogens is 278 g/mol. The molecule has 1 heteroatoms. The van der Waals surface area contributed by atoms with E-state index in [9.17, 15) is 0 Å². The van der Waals surface area contributed by atoms with Crippen LogP contribution in [0.1, 0.15) is 26.3 Å². The smallest absolute Gasteiger partial charge is 0.0502 e. The van der Waals surface area contributed by atoms with Crippen LogP contribution in [0.5, 0.6) is 0 Å². The molecule has 0 spiro atoms. The predicted molar refractivity (Wildman–Crippen MR) is 99.9 cm³/mol. The average Bonchev–Trinajstić information content (AvgIpc) is 2.94. The van der Waals surface area contributed by atoms with E-state index in [1.54, 1.807) is 0 Å². The van der Waals surface area contributed by atoms with Crippen LogP contribution in [0, 0.1) is 0 Å². The highest BCUT2D eigenvalue weighted by atomic mass is 14.7. The lowest BCUT2D eigenvalue weighted by atomic mass is 9.83. The molecule has 1 aromatic heterocycles. The fourth-order valence-corrected chi connectivity index (χ4v) is 3.48. The van der Waals surface area contributed by atoms with Crippen LogP contribution in [0.15, 0.2) is 66.7 Å². The van der Waals surface area contributed by atoms with E-state index in [-0.39, 0.29) is 5.41 Å². The third-order valence-electron chi connectivity index (χ3n) is 4.49. The molecule has 0 radical (unpaired) electrons. The van der Waals surface area contributed by atoms with Gasteiger partial charge in [-0.25, -0.2) is 0 Å². The number of rotatable bonds is 1. The number of aromatic amines is 1. The first-order valence-corrected chi connectivity index (χ1v) is 8.14. The third-order valence-corrected chi connectivity index (χ3v) is 4.49. The van der Waals surface area contributed by atoms with Crippen molar-refractivity contribution in [2.75, 3.05) is 0 Å². The van der Waals surface area contributed by atoms with Crippen molar-refractivity contribution >= 4 is 21.7 Å². The monoisotopic (exact) mass is 299 g/mol. The van der Waals surface area contributed by atoms with Crippen LogP contribution >= 0.6 is 0 Å². The van der Waals surface area contributed by atoms with Gasteiger partial charge in [0.2, 0.25) is 0 Å². The van der Waals surface area contributed by atoms with Gasteiger partial charge in [-0.3, -0.25) is 0 Å². The first-order chi connectivity index (χ1) is 11.0. The van der Waals surface area contributed by atoms with Crippen LogP contribution in [0.25, 0.3) is 32.9 Å². The Bertz CT molecular complexity index is 999. The Hall–Kier alpha value is -2.54. The summed E-state index contributed by atoms with van der Waals surface area (Å²) < 4.78 is 0.